The predicted octanol–water partition coefficient (Wildman–Crippen LogP) is 13.3. The highest BCUT2D eigenvalue weighted by atomic mass is 16.7. The van der Waals surface area contributed by atoms with Gasteiger partial charge >= 0.3 is 5.97 Å². The van der Waals surface area contributed by atoms with E-state index in [0.29, 0.717) is 33.9 Å². The van der Waals surface area contributed by atoms with Gasteiger partial charge in [0.05, 0.1) is 5.56 Å². The van der Waals surface area contributed by atoms with E-state index in [1.165, 1.54) is 38.9 Å². The number of benzene rings is 7. The molecule has 0 unspecified atom stereocenters. The van der Waals surface area contributed by atoms with Crippen molar-refractivity contribution in [2.75, 3.05) is 0 Å². The monoisotopic (exact) mass is 1080 g/mol. The molecule has 0 aliphatic carbocycles. The fraction of sp³-hybridized carbons (Fsp3) is 0.282. The van der Waals surface area contributed by atoms with Gasteiger partial charge in [0, 0.05) is 41.7 Å². The first kappa shape index (κ1) is 60.0. The van der Waals surface area contributed by atoms with Gasteiger partial charge < -0.3 is 4.84 Å². The second-order valence-electron chi connectivity index (χ2n) is 20.4. The first-order chi connectivity index (χ1) is 39.2. The summed E-state index contributed by atoms with van der Waals surface area (Å²) < 4.78 is 0. The van der Waals surface area contributed by atoms with E-state index >= 15 is 0 Å². The highest BCUT2D eigenvalue weighted by Gasteiger charge is 2.34. The number of rotatable bonds is 20. The van der Waals surface area contributed by atoms with E-state index in [0.717, 1.165) is 115 Å². The van der Waals surface area contributed by atoms with Crippen molar-refractivity contribution in [1.29, 1.82) is 0 Å². The van der Waals surface area contributed by atoms with Crippen LogP contribution in [0, 0.1) is 0 Å². The molecule has 0 N–H and O–H groups in total. The highest BCUT2D eigenvalue weighted by molar-refractivity contribution is 6.26. The molecule has 0 atom stereocenters. The molecular weight excluding hydrogens is 1010 g/mol. The molecule has 416 valence electrons. The minimum atomic E-state index is -0.657. The van der Waals surface area contributed by atoms with Crippen molar-refractivity contribution in [1.82, 2.24) is 9.96 Å². The molecule has 10 heteroatoms. The molecule has 0 aromatic heterocycles. The van der Waals surface area contributed by atoms with E-state index in [2.05, 4.69) is 119 Å². The van der Waals surface area contributed by atoms with Gasteiger partial charge in [0.25, 0.3) is 29.5 Å². The van der Waals surface area contributed by atoms with Crippen molar-refractivity contribution < 1.29 is 38.4 Å². The van der Waals surface area contributed by atoms with Crippen LogP contribution < -0.4 is 0 Å². The fourth-order valence-electron chi connectivity index (χ4n) is 9.70. The highest BCUT2D eigenvalue weighted by Crippen LogP contribution is 2.24. The zero-order valence-corrected chi connectivity index (χ0v) is 47.7. The predicted molar refractivity (Wildman–Crippen MR) is 319 cm³/mol. The van der Waals surface area contributed by atoms with Crippen LogP contribution in [-0.4, -0.2) is 51.3 Å². The summed E-state index contributed by atoms with van der Waals surface area (Å²) in [6.07, 6.45) is 12.7. The lowest BCUT2D eigenvalue weighted by molar-refractivity contribution is -0.172. The number of amides is 5. The molecule has 7 aromatic carbocycles. The van der Waals surface area contributed by atoms with Gasteiger partial charge in [0.15, 0.2) is 5.78 Å². The molecule has 5 amide bonds. The van der Waals surface area contributed by atoms with Crippen LogP contribution in [0.1, 0.15) is 158 Å². The van der Waals surface area contributed by atoms with Gasteiger partial charge in [-0.1, -0.05) is 181 Å². The Labute approximate surface area is 477 Å². The summed E-state index contributed by atoms with van der Waals surface area (Å²) in [6.45, 7) is 12.6. The summed E-state index contributed by atoms with van der Waals surface area (Å²) in [6, 6.07) is 53.1. The van der Waals surface area contributed by atoms with Crippen LogP contribution in [0.25, 0.3) is 0 Å². The third-order valence-corrected chi connectivity index (χ3v) is 15.0. The third-order valence-electron chi connectivity index (χ3n) is 15.0. The smallest absolute Gasteiger partial charge is 0.325 e. The number of carbonyl (C=O) groups is 7. The van der Waals surface area contributed by atoms with Crippen LogP contribution in [0.15, 0.2) is 170 Å². The largest absolute Gasteiger partial charge is 0.364 e. The van der Waals surface area contributed by atoms with E-state index < -0.39 is 35.5 Å². The number of hydrogen-bond acceptors (Lipinski definition) is 8. The molecule has 2 aliphatic heterocycles. The van der Waals surface area contributed by atoms with Crippen molar-refractivity contribution >= 4 is 41.3 Å². The van der Waals surface area contributed by atoms with Crippen molar-refractivity contribution in [3.05, 3.63) is 259 Å². The van der Waals surface area contributed by atoms with E-state index in [4.69, 9.17) is 4.84 Å². The molecule has 0 radical (unpaired) electrons. The van der Waals surface area contributed by atoms with Gasteiger partial charge in [-0.25, -0.2) is 9.69 Å². The summed E-state index contributed by atoms with van der Waals surface area (Å²) in [7, 11) is 0. The molecule has 1 fully saturated rings. The molecule has 0 saturated carbocycles. The summed E-state index contributed by atoms with van der Waals surface area (Å²) in [5.41, 5.74) is 16.2. The van der Waals surface area contributed by atoms with Crippen molar-refractivity contribution in [3.63, 3.8) is 0 Å². The maximum atomic E-state index is 13.0. The SMILES string of the molecule is CCc1ccc(CCc2ccc(CC)cc2C(=O)N2C(=O)C=CC2=O)cc1.CCc1ccc(CCc2ccc(CC)cc2C(=O)ON2C(=O)CCC2=O)cc1.CCc1ccc(CCc2ccc(CC)cc2C(=O)c2ccccc2)cc1. The number of nitrogens with zero attached hydrogens (tertiary/aromatic N) is 2. The molecular formula is C71H74N2O8. The molecule has 7 aromatic rings. The standard InChI is InChI=1S/C25H26O.C23H25NO4.C23H23NO3/c1-3-19-10-12-21(13-11-19)15-17-22-16-14-20(4-2)18-24(22)25(26)23-8-6-5-7-9-23;1-3-16-5-7-18(8-6-16)10-12-19-11-9-17(4-2)15-20(19)23(27)28-24-21(25)13-14-22(24)26;1-3-16-5-7-18(8-6-16)10-12-19-11-9-17(4-2)15-20(19)23(27)24-21(25)13-14-22(24)26/h5-14,16,18H,3-4,15,17H2,1-2H3;5-9,11,15H,3-4,10,12-14H2,1-2H3;5-9,11,13-15H,3-4,10,12H2,1-2H3. The van der Waals surface area contributed by atoms with Gasteiger partial charge in [-0.15, -0.1) is 5.06 Å². The lowest BCUT2D eigenvalue weighted by Gasteiger charge is -2.16. The normalized spacial score (nSPS) is 12.7. The average molecular weight is 1080 g/mol. The Morgan fingerprint density at radius 1 is 0.383 bits per heavy atom. The summed E-state index contributed by atoms with van der Waals surface area (Å²) in [5.74, 6) is -3.17. The maximum absolute atomic E-state index is 13.0. The number of ketones is 1. The second kappa shape index (κ2) is 29.5. The minimum absolute atomic E-state index is 0.0850. The molecule has 1 saturated heterocycles. The number of hydrogen-bond donors (Lipinski definition) is 0. The number of imide groups is 4. The van der Waals surface area contributed by atoms with Gasteiger partial charge in [0.1, 0.15) is 0 Å². The zero-order valence-electron chi connectivity index (χ0n) is 47.7. The molecule has 81 heavy (non-hydrogen) atoms. The van der Waals surface area contributed by atoms with Crippen molar-refractivity contribution in [3.8, 4) is 0 Å². The van der Waals surface area contributed by atoms with Crippen molar-refractivity contribution in [2.45, 2.75) is 131 Å². The zero-order chi connectivity index (χ0) is 57.8. The van der Waals surface area contributed by atoms with Gasteiger partial charge in [-0.2, -0.15) is 0 Å². The van der Waals surface area contributed by atoms with Crippen molar-refractivity contribution in [2.24, 2.45) is 0 Å². The first-order valence-corrected chi connectivity index (χ1v) is 28.6. The number of aryl methyl sites for hydroxylation is 12. The Morgan fingerprint density at radius 2 is 0.716 bits per heavy atom. The molecule has 0 spiro atoms. The van der Waals surface area contributed by atoms with E-state index in [1.807, 2.05) is 68.4 Å². The number of carbonyl (C=O) groups excluding carboxylic acids is 7. The molecule has 2 aliphatic rings. The Balaban J connectivity index is 0.000000175. The van der Waals surface area contributed by atoms with E-state index in [-0.39, 0.29) is 18.6 Å². The average Bonchev–Trinajstić information content (AvgIpc) is 4.06. The van der Waals surface area contributed by atoms with Crippen LogP contribution in [0.4, 0.5) is 0 Å². The summed E-state index contributed by atoms with van der Waals surface area (Å²) in [4.78, 5) is 91.8. The van der Waals surface area contributed by atoms with Gasteiger partial charge in [0.2, 0.25) is 0 Å². The van der Waals surface area contributed by atoms with Crippen LogP contribution in [0.3, 0.4) is 0 Å². The Hall–Kier alpha value is -8.63. The molecule has 0 bridgehead atoms. The van der Waals surface area contributed by atoms with Crippen LogP contribution >= 0.6 is 0 Å². The topological polar surface area (TPSA) is 135 Å². The van der Waals surface area contributed by atoms with Gasteiger partial charge in [-0.05, 0) is 162 Å². The molecule has 9 rings (SSSR count). The minimum Gasteiger partial charge on any atom is -0.325 e. The van der Waals surface area contributed by atoms with E-state index in [9.17, 15) is 33.6 Å². The first-order valence-electron chi connectivity index (χ1n) is 28.6. The quantitative estimate of drug-likeness (QED) is 0.0544. The van der Waals surface area contributed by atoms with Crippen LogP contribution in [-0.2, 0) is 101 Å². The van der Waals surface area contributed by atoms with E-state index in [1.54, 1.807) is 12.1 Å². The van der Waals surface area contributed by atoms with Crippen LogP contribution in [0.5, 0.6) is 0 Å². The van der Waals surface area contributed by atoms with Gasteiger partial charge in [-0.3, -0.25) is 28.8 Å². The number of hydroxylamine groups is 2. The summed E-state index contributed by atoms with van der Waals surface area (Å²) in [5, 5.41) is 0.605. The summed E-state index contributed by atoms with van der Waals surface area (Å²) >= 11 is 0. The maximum Gasteiger partial charge on any atom is 0.364 e. The van der Waals surface area contributed by atoms with Crippen LogP contribution in [0.2, 0.25) is 0 Å². The fourth-order valence-corrected chi connectivity index (χ4v) is 9.70. The lowest BCUT2D eigenvalue weighted by Crippen LogP contribution is -2.36. The lowest BCUT2D eigenvalue weighted by atomic mass is 9.92. The Bertz CT molecular complexity index is 3340. The second-order valence-corrected chi connectivity index (χ2v) is 20.4. The Morgan fingerprint density at radius 3 is 1.11 bits per heavy atom. The molecule has 10 nitrogen and oxygen atoms in total. The molecule has 2 heterocycles. The Kier molecular flexibility index (Phi) is 21.9. The third kappa shape index (κ3) is 16.3.